The molecule has 2 heterocycles. The number of rotatable bonds is 1. The van der Waals surface area contributed by atoms with E-state index in [-0.39, 0.29) is 0 Å². The minimum absolute atomic E-state index is 0.424. The van der Waals surface area contributed by atoms with Gasteiger partial charge in [-0.2, -0.15) is 5.26 Å². The van der Waals surface area contributed by atoms with E-state index in [1.54, 1.807) is 18.6 Å². The third kappa shape index (κ3) is 1.59. The molecule has 15 heavy (non-hydrogen) atoms. The highest BCUT2D eigenvalue weighted by Gasteiger charge is 2.04. The summed E-state index contributed by atoms with van der Waals surface area (Å²) in [5, 5.41) is 8.63. The van der Waals surface area contributed by atoms with Crippen molar-refractivity contribution in [3.63, 3.8) is 0 Å². The Morgan fingerprint density at radius 3 is 2.53 bits per heavy atom. The first-order valence-electron chi connectivity index (χ1n) is 4.59. The second-order valence-corrected chi connectivity index (χ2v) is 3.30. The molecule has 0 unspecified atom stereocenters. The molecule has 0 saturated carbocycles. The smallest absolute Gasteiger partial charge is 0.140 e. The maximum absolute atomic E-state index is 8.63. The first kappa shape index (κ1) is 9.41. The standard InChI is InChI=1S/C11H10N4/c1-8-9(2)15(7-14-8)11-4-3-10(5-12)13-6-11/h3-4,6-7H,1-2H3. The molecular formula is C11H10N4. The van der Waals surface area contributed by atoms with Crippen LogP contribution in [-0.4, -0.2) is 14.5 Å². The maximum atomic E-state index is 8.63. The largest absolute Gasteiger partial charge is 0.302 e. The van der Waals surface area contributed by atoms with Gasteiger partial charge in [0.1, 0.15) is 11.8 Å². The molecule has 2 rings (SSSR count). The number of imidazole rings is 1. The monoisotopic (exact) mass is 198 g/mol. The van der Waals surface area contributed by atoms with Gasteiger partial charge in [-0.3, -0.25) is 0 Å². The van der Waals surface area contributed by atoms with Crippen LogP contribution >= 0.6 is 0 Å². The summed E-state index contributed by atoms with van der Waals surface area (Å²) in [5.41, 5.74) is 3.43. The first-order chi connectivity index (χ1) is 7.22. The van der Waals surface area contributed by atoms with Crippen LogP contribution in [-0.2, 0) is 0 Å². The number of nitrogens with zero attached hydrogens (tertiary/aromatic N) is 4. The topological polar surface area (TPSA) is 54.5 Å². The van der Waals surface area contributed by atoms with E-state index < -0.39 is 0 Å². The fourth-order valence-corrected chi connectivity index (χ4v) is 1.35. The van der Waals surface area contributed by atoms with Crippen LogP contribution in [0, 0.1) is 25.2 Å². The highest BCUT2D eigenvalue weighted by Crippen LogP contribution is 2.12. The number of hydrogen-bond donors (Lipinski definition) is 0. The van der Waals surface area contributed by atoms with Gasteiger partial charge in [0.05, 0.1) is 23.9 Å². The molecule has 74 valence electrons. The Kier molecular flexibility index (Phi) is 2.22. The van der Waals surface area contributed by atoms with Crippen molar-refractivity contribution in [2.75, 3.05) is 0 Å². The lowest BCUT2D eigenvalue weighted by atomic mass is 10.3. The molecule has 2 aromatic rings. The summed E-state index contributed by atoms with van der Waals surface area (Å²) in [6, 6.07) is 5.55. The maximum Gasteiger partial charge on any atom is 0.140 e. The van der Waals surface area contributed by atoms with Gasteiger partial charge in [-0.1, -0.05) is 0 Å². The summed E-state index contributed by atoms with van der Waals surface area (Å²) < 4.78 is 1.95. The lowest BCUT2D eigenvalue weighted by molar-refractivity contribution is 0.986. The van der Waals surface area contributed by atoms with Gasteiger partial charge in [0.2, 0.25) is 0 Å². The lowest BCUT2D eigenvalue weighted by Gasteiger charge is -2.04. The molecule has 0 N–H and O–H groups in total. The van der Waals surface area contributed by atoms with Gasteiger partial charge in [-0.05, 0) is 26.0 Å². The Hall–Kier alpha value is -2.15. The molecule has 2 aromatic heterocycles. The van der Waals surface area contributed by atoms with Crippen molar-refractivity contribution in [3.8, 4) is 11.8 Å². The van der Waals surface area contributed by atoms with E-state index in [9.17, 15) is 0 Å². The Labute approximate surface area is 87.8 Å². The zero-order valence-corrected chi connectivity index (χ0v) is 8.60. The van der Waals surface area contributed by atoms with Crippen LogP contribution in [0.4, 0.5) is 0 Å². The summed E-state index contributed by atoms with van der Waals surface area (Å²) in [7, 11) is 0. The van der Waals surface area contributed by atoms with Crippen molar-refractivity contribution in [1.82, 2.24) is 14.5 Å². The first-order valence-corrected chi connectivity index (χ1v) is 4.59. The van der Waals surface area contributed by atoms with Gasteiger partial charge in [-0.25, -0.2) is 9.97 Å². The Morgan fingerprint density at radius 2 is 2.07 bits per heavy atom. The second-order valence-electron chi connectivity index (χ2n) is 3.30. The predicted molar refractivity (Wildman–Crippen MR) is 55.5 cm³/mol. The summed E-state index contributed by atoms with van der Waals surface area (Å²) in [5.74, 6) is 0. The normalized spacial score (nSPS) is 9.93. The van der Waals surface area contributed by atoms with Crippen LogP contribution in [0.15, 0.2) is 24.7 Å². The number of pyridine rings is 1. The van der Waals surface area contributed by atoms with Gasteiger partial charge in [0.15, 0.2) is 0 Å². The highest BCUT2D eigenvalue weighted by molar-refractivity contribution is 5.35. The van der Waals surface area contributed by atoms with Crippen molar-refractivity contribution in [3.05, 3.63) is 41.7 Å². The summed E-state index contributed by atoms with van der Waals surface area (Å²) in [6.07, 6.45) is 3.43. The molecule has 0 bridgehead atoms. The van der Waals surface area contributed by atoms with E-state index in [0.717, 1.165) is 17.1 Å². The van der Waals surface area contributed by atoms with E-state index in [1.165, 1.54) is 0 Å². The average Bonchev–Trinajstić information content (AvgIpc) is 2.60. The van der Waals surface area contributed by atoms with Crippen LogP contribution in [0.1, 0.15) is 17.1 Å². The fourth-order valence-electron chi connectivity index (χ4n) is 1.35. The minimum atomic E-state index is 0.424. The number of aromatic nitrogens is 3. The van der Waals surface area contributed by atoms with Crippen LogP contribution in [0.5, 0.6) is 0 Å². The average molecular weight is 198 g/mol. The van der Waals surface area contributed by atoms with Gasteiger partial charge in [0, 0.05) is 5.69 Å². The van der Waals surface area contributed by atoms with Crippen LogP contribution in [0.25, 0.3) is 5.69 Å². The van der Waals surface area contributed by atoms with E-state index >= 15 is 0 Å². The van der Waals surface area contributed by atoms with Crippen molar-refractivity contribution in [1.29, 1.82) is 5.26 Å². The van der Waals surface area contributed by atoms with E-state index in [1.807, 2.05) is 30.6 Å². The van der Waals surface area contributed by atoms with E-state index in [0.29, 0.717) is 5.69 Å². The minimum Gasteiger partial charge on any atom is -0.302 e. The molecule has 0 radical (unpaired) electrons. The number of aryl methyl sites for hydroxylation is 1. The molecule has 0 saturated heterocycles. The quantitative estimate of drug-likeness (QED) is 0.701. The molecule has 0 aromatic carbocycles. The van der Waals surface area contributed by atoms with Gasteiger partial charge in [-0.15, -0.1) is 0 Å². The number of nitriles is 1. The molecule has 0 amide bonds. The van der Waals surface area contributed by atoms with Crippen molar-refractivity contribution >= 4 is 0 Å². The van der Waals surface area contributed by atoms with Crippen molar-refractivity contribution in [2.24, 2.45) is 0 Å². The molecule has 0 spiro atoms. The molecule has 0 aliphatic carbocycles. The van der Waals surface area contributed by atoms with E-state index in [4.69, 9.17) is 5.26 Å². The van der Waals surface area contributed by atoms with Crippen LogP contribution < -0.4 is 0 Å². The third-order valence-electron chi connectivity index (χ3n) is 2.39. The molecular weight excluding hydrogens is 188 g/mol. The Morgan fingerprint density at radius 1 is 1.27 bits per heavy atom. The van der Waals surface area contributed by atoms with Gasteiger partial charge >= 0.3 is 0 Å². The van der Waals surface area contributed by atoms with Gasteiger partial charge in [0.25, 0.3) is 0 Å². The summed E-state index contributed by atoms with van der Waals surface area (Å²) in [6.45, 7) is 3.96. The van der Waals surface area contributed by atoms with Crippen LogP contribution in [0.3, 0.4) is 0 Å². The molecule has 4 heteroatoms. The molecule has 4 nitrogen and oxygen atoms in total. The van der Waals surface area contributed by atoms with Crippen LogP contribution in [0.2, 0.25) is 0 Å². The second kappa shape index (κ2) is 3.54. The number of hydrogen-bond acceptors (Lipinski definition) is 3. The highest BCUT2D eigenvalue weighted by atomic mass is 15.1. The molecule has 0 aliphatic heterocycles. The summed E-state index contributed by atoms with van der Waals surface area (Å²) >= 11 is 0. The Balaban J connectivity index is 2.47. The van der Waals surface area contributed by atoms with Crippen molar-refractivity contribution in [2.45, 2.75) is 13.8 Å². The zero-order chi connectivity index (χ0) is 10.8. The fraction of sp³-hybridized carbons (Fsp3) is 0.182. The predicted octanol–water partition coefficient (Wildman–Crippen LogP) is 1.76. The SMILES string of the molecule is Cc1ncn(-c2ccc(C#N)nc2)c1C. The Bertz CT molecular complexity index is 517. The van der Waals surface area contributed by atoms with E-state index in [2.05, 4.69) is 9.97 Å². The molecule has 0 aliphatic rings. The molecule has 0 fully saturated rings. The van der Waals surface area contributed by atoms with Crippen molar-refractivity contribution < 1.29 is 0 Å². The lowest BCUT2D eigenvalue weighted by Crippen LogP contribution is -1.96. The molecule has 0 atom stereocenters. The zero-order valence-electron chi connectivity index (χ0n) is 8.60. The van der Waals surface area contributed by atoms with Gasteiger partial charge < -0.3 is 4.57 Å². The third-order valence-corrected chi connectivity index (χ3v) is 2.39. The summed E-state index contributed by atoms with van der Waals surface area (Å²) in [4.78, 5) is 8.22.